The molecule has 1 aromatic carbocycles. The highest BCUT2D eigenvalue weighted by molar-refractivity contribution is 8.41. The van der Waals surface area contributed by atoms with Crippen LogP contribution in [0.3, 0.4) is 0 Å². The first kappa shape index (κ1) is 15.9. The van der Waals surface area contributed by atoms with Crippen molar-refractivity contribution in [2.24, 2.45) is 4.99 Å². The third-order valence-electron chi connectivity index (χ3n) is 2.63. The van der Waals surface area contributed by atoms with Crippen LogP contribution in [0.25, 0.3) is 6.08 Å². The van der Waals surface area contributed by atoms with Gasteiger partial charge in [0.2, 0.25) is 11.0 Å². The monoisotopic (exact) mass is 362 g/mol. The van der Waals surface area contributed by atoms with Crippen molar-refractivity contribution in [1.82, 2.24) is 10.2 Å². The molecule has 0 unspecified atom stereocenters. The van der Waals surface area contributed by atoms with Crippen LogP contribution in [0.15, 0.2) is 45.7 Å². The molecular formula is C14H10N4O2S3. The van der Waals surface area contributed by atoms with Gasteiger partial charge in [-0.3, -0.25) is 14.9 Å². The normalized spacial score (nSPS) is 15.7. The molecule has 0 fully saturated rings. The Kier molecular flexibility index (Phi) is 5.21. The van der Waals surface area contributed by atoms with E-state index in [1.807, 2.05) is 30.3 Å². The van der Waals surface area contributed by atoms with Gasteiger partial charge in [0.25, 0.3) is 5.91 Å². The number of thioether (sulfide) groups is 2. The van der Waals surface area contributed by atoms with Gasteiger partial charge in [-0.25, -0.2) is 0 Å². The zero-order chi connectivity index (χ0) is 16.1. The van der Waals surface area contributed by atoms with Crippen molar-refractivity contribution >= 4 is 62.3 Å². The van der Waals surface area contributed by atoms with Crippen molar-refractivity contribution in [3.8, 4) is 0 Å². The fraction of sp³-hybridized carbons (Fsp3) is 0.0714. The van der Waals surface area contributed by atoms with Gasteiger partial charge in [-0.05, 0) is 11.6 Å². The van der Waals surface area contributed by atoms with E-state index in [1.165, 1.54) is 34.9 Å². The molecule has 1 aliphatic rings. The van der Waals surface area contributed by atoms with E-state index < -0.39 is 0 Å². The van der Waals surface area contributed by atoms with Crippen LogP contribution < -0.4 is 5.32 Å². The van der Waals surface area contributed by atoms with E-state index >= 15 is 0 Å². The average molecular weight is 362 g/mol. The van der Waals surface area contributed by atoms with Crippen LogP contribution in [0, 0.1) is 0 Å². The second kappa shape index (κ2) is 7.53. The number of anilines is 1. The molecule has 1 N–H and O–H groups in total. The molecule has 2 aromatic rings. The molecule has 0 atom stereocenters. The van der Waals surface area contributed by atoms with Gasteiger partial charge in [0.15, 0.2) is 0 Å². The van der Waals surface area contributed by atoms with Crippen LogP contribution in [-0.2, 0) is 9.59 Å². The van der Waals surface area contributed by atoms with Crippen LogP contribution in [0.1, 0.15) is 5.56 Å². The number of aromatic nitrogens is 2. The molecule has 0 spiro atoms. The predicted molar refractivity (Wildman–Crippen MR) is 95.4 cm³/mol. The van der Waals surface area contributed by atoms with Gasteiger partial charge in [-0.15, -0.1) is 10.2 Å². The van der Waals surface area contributed by atoms with Crippen molar-refractivity contribution < 1.29 is 9.59 Å². The average Bonchev–Trinajstić information content (AvgIpc) is 3.17. The number of benzene rings is 1. The summed E-state index contributed by atoms with van der Waals surface area (Å²) >= 11 is 3.76. The molecule has 0 radical (unpaired) electrons. The molecule has 0 aliphatic carbocycles. The van der Waals surface area contributed by atoms with Crippen LogP contribution in [0.4, 0.5) is 5.13 Å². The highest BCUT2D eigenvalue weighted by Crippen LogP contribution is 2.33. The molecule has 2 heterocycles. The van der Waals surface area contributed by atoms with Gasteiger partial charge < -0.3 is 0 Å². The van der Waals surface area contributed by atoms with Gasteiger partial charge >= 0.3 is 0 Å². The Morgan fingerprint density at radius 1 is 1.30 bits per heavy atom. The SMILES string of the molecule is O=C(CSC1=NC(=O)/C(=C\c2ccccc2)S1)Nc1nncs1. The van der Waals surface area contributed by atoms with E-state index in [0.29, 0.717) is 14.4 Å². The number of amides is 2. The number of hydrogen-bond acceptors (Lipinski definition) is 7. The Morgan fingerprint density at radius 2 is 2.13 bits per heavy atom. The molecule has 9 heteroatoms. The van der Waals surface area contributed by atoms with Crippen molar-refractivity contribution in [3.05, 3.63) is 46.3 Å². The quantitative estimate of drug-likeness (QED) is 0.842. The summed E-state index contributed by atoms with van der Waals surface area (Å²) in [5.41, 5.74) is 2.48. The molecule has 6 nitrogen and oxygen atoms in total. The number of hydrogen-bond donors (Lipinski definition) is 1. The maximum atomic E-state index is 11.9. The van der Waals surface area contributed by atoms with E-state index in [1.54, 1.807) is 11.6 Å². The Hall–Kier alpha value is -1.97. The topological polar surface area (TPSA) is 84.3 Å². The van der Waals surface area contributed by atoms with E-state index in [2.05, 4.69) is 20.5 Å². The lowest BCUT2D eigenvalue weighted by Crippen LogP contribution is -2.14. The number of carbonyl (C=O) groups is 2. The van der Waals surface area contributed by atoms with Crippen LogP contribution >= 0.6 is 34.9 Å². The molecule has 1 aliphatic heterocycles. The molecule has 2 amide bonds. The molecule has 3 rings (SSSR count). The largest absolute Gasteiger partial charge is 0.300 e. The van der Waals surface area contributed by atoms with Crippen molar-refractivity contribution in [2.45, 2.75) is 0 Å². The van der Waals surface area contributed by atoms with Crippen molar-refractivity contribution in [2.75, 3.05) is 11.1 Å². The van der Waals surface area contributed by atoms with E-state index in [0.717, 1.165) is 5.56 Å². The first-order valence-corrected chi connectivity index (χ1v) is 9.15. The summed E-state index contributed by atoms with van der Waals surface area (Å²) in [4.78, 5) is 28.2. The lowest BCUT2D eigenvalue weighted by Gasteiger charge is -2.00. The maximum Gasteiger partial charge on any atom is 0.285 e. The van der Waals surface area contributed by atoms with Gasteiger partial charge in [-0.2, -0.15) is 4.99 Å². The summed E-state index contributed by atoms with van der Waals surface area (Å²) in [7, 11) is 0. The Balaban J connectivity index is 1.54. The second-order valence-electron chi connectivity index (χ2n) is 4.28. The lowest BCUT2D eigenvalue weighted by atomic mass is 10.2. The summed E-state index contributed by atoms with van der Waals surface area (Å²) in [6.45, 7) is 0. The van der Waals surface area contributed by atoms with Crippen molar-refractivity contribution in [3.63, 3.8) is 0 Å². The van der Waals surface area contributed by atoms with Gasteiger partial charge in [0.05, 0.1) is 10.7 Å². The van der Waals surface area contributed by atoms with Crippen LogP contribution in [0.2, 0.25) is 0 Å². The molecular weight excluding hydrogens is 352 g/mol. The van der Waals surface area contributed by atoms with E-state index in [-0.39, 0.29) is 17.6 Å². The van der Waals surface area contributed by atoms with Crippen LogP contribution in [-0.4, -0.2) is 32.1 Å². The maximum absolute atomic E-state index is 11.9. The summed E-state index contributed by atoms with van der Waals surface area (Å²) in [5, 5.41) is 10.5. The molecule has 0 saturated heterocycles. The molecule has 0 saturated carbocycles. The minimum absolute atomic E-state index is 0.164. The zero-order valence-electron chi connectivity index (χ0n) is 11.6. The minimum Gasteiger partial charge on any atom is -0.300 e. The third-order valence-corrected chi connectivity index (χ3v) is 5.36. The highest BCUT2D eigenvalue weighted by Gasteiger charge is 2.22. The molecule has 1 aromatic heterocycles. The lowest BCUT2D eigenvalue weighted by molar-refractivity contribution is -0.114. The van der Waals surface area contributed by atoms with Gasteiger partial charge in [0.1, 0.15) is 9.89 Å². The molecule has 0 bridgehead atoms. The first-order chi connectivity index (χ1) is 11.2. The fourth-order valence-electron chi connectivity index (χ4n) is 1.66. The first-order valence-electron chi connectivity index (χ1n) is 6.47. The number of rotatable bonds is 4. The van der Waals surface area contributed by atoms with E-state index in [9.17, 15) is 9.59 Å². The number of nitrogens with one attached hydrogen (secondary N) is 1. The summed E-state index contributed by atoms with van der Waals surface area (Å²) in [6, 6.07) is 9.57. The number of nitrogens with zero attached hydrogens (tertiary/aromatic N) is 3. The summed E-state index contributed by atoms with van der Waals surface area (Å²) in [5.74, 6) is -0.314. The zero-order valence-corrected chi connectivity index (χ0v) is 14.1. The smallest absolute Gasteiger partial charge is 0.285 e. The summed E-state index contributed by atoms with van der Waals surface area (Å²) in [6.07, 6.45) is 1.80. The second-order valence-corrected chi connectivity index (χ2v) is 7.37. The fourth-order valence-corrected chi connectivity index (χ4v) is 3.92. The highest BCUT2D eigenvalue weighted by atomic mass is 32.2. The van der Waals surface area contributed by atoms with Gasteiger partial charge in [-0.1, -0.05) is 65.2 Å². The van der Waals surface area contributed by atoms with Crippen LogP contribution in [0.5, 0.6) is 0 Å². The number of aliphatic imine (C=N–C) groups is 1. The molecule has 116 valence electrons. The van der Waals surface area contributed by atoms with Gasteiger partial charge in [0, 0.05) is 0 Å². The van der Waals surface area contributed by atoms with Crippen molar-refractivity contribution in [1.29, 1.82) is 0 Å². The summed E-state index contributed by atoms with van der Waals surface area (Å²) < 4.78 is 0.574. The standard InChI is InChI=1S/C14H10N4O2S3/c19-11(16-13-18-15-8-22-13)7-21-14-17-12(20)10(23-14)6-9-4-2-1-3-5-9/h1-6,8H,7H2,(H,16,18,19)/b10-6+. The Morgan fingerprint density at radius 3 is 2.87 bits per heavy atom. The Bertz CT molecular complexity index is 773. The van der Waals surface area contributed by atoms with E-state index in [4.69, 9.17) is 0 Å². The minimum atomic E-state index is -0.272. The predicted octanol–water partition coefficient (Wildman–Crippen LogP) is 2.88. The third kappa shape index (κ3) is 4.50. The Labute approximate surface area is 144 Å². The number of carbonyl (C=O) groups excluding carboxylic acids is 2. The molecule has 23 heavy (non-hydrogen) atoms.